The second-order valence-corrected chi connectivity index (χ2v) is 6.98. The predicted octanol–water partition coefficient (Wildman–Crippen LogP) is 2.93. The summed E-state index contributed by atoms with van der Waals surface area (Å²) in [6.45, 7) is 0. The van der Waals surface area contributed by atoms with E-state index in [1.807, 2.05) is 23.1 Å². The molecule has 3 rings (SSSR count). The summed E-state index contributed by atoms with van der Waals surface area (Å²) >= 11 is 7.32. The van der Waals surface area contributed by atoms with Crippen LogP contribution in [0.25, 0.3) is 6.08 Å². The molecule has 0 saturated carbocycles. The molecule has 0 aromatic carbocycles. The highest BCUT2D eigenvalue weighted by Gasteiger charge is 2.41. The van der Waals surface area contributed by atoms with E-state index in [-0.39, 0.29) is 24.1 Å². The molecule has 2 aliphatic rings. The summed E-state index contributed by atoms with van der Waals surface area (Å²) in [5.74, 6) is 0.0592. The van der Waals surface area contributed by atoms with Crippen LogP contribution in [-0.2, 0) is 4.79 Å². The summed E-state index contributed by atoms with van der Waals surface area (Å²) in [5.41, 5.74) is 0. The van der Waals surface area contributed by atoms with Crippen LogP contribution in [0.1, 0.15) is 30.6 Å². The number of piperidine rings is 1. The van der Waals surface area contributed by atoms with Crippen molar-refractivity contribution >= 4 is 34.9 Å². The predicted molar refractivity (Wildman–Crippen MR) is 77.3 cm³/mol. The zero-order valence-electron chi connectivity index (χ0n) is 10.5. The molecule has 5 heteroatoms. The van der Waals surface area contributed by atoms with Crippen LogP contribution in [-0.4, -0.2) is 34.1 Å². The SMILES string of the molecule is O=C(C=Cc1ccc(Cl)s1)N1C2CCC1CC(O)C2. The van der Waals surface area contributed by atoms with E-state index in [9.17, 15) is 9.90 Å². The van der Waals surface area contributed by atoms with Crippen LogP contribution < -0.4 is 0 Å². The summed E-state index contributed by atoms with van der Waals surface area (Å²) in [7, 11) is 0. The van der Waals surface area contributed by atoms with Gasteiger partial charge in [0.15, 0.2) is 0 Å². The fourth-order valence-electron chi connectivity index (χ4n) is 3.17. The van der Waals surface area contributed by atoms with E-state index in [1.54, 1.807) is 6.08 Å². The third-order valence-corrected chi connectivity index (χ3v) is 5.14. The average molecular weight is 298 g/mol. The Bertz CT molecular complexity index is 499. The van der Waals surface area contributed by atoms with E-state index in [4.69, 9.17) is 11.6 Å². The highest BCUT2D eigenvalue weighted by atomic mass is 35.5. The summed E-state index contributed by atoms with van der Waals surface area (Å²) in [6.07, 6.45) is 6.70. The third-order valence-electron chi connectivity index (χ3n) is 3.95. The number of nitrogens with zero attached hydrogens (tertiary/aromatic N) is 1. The van der Waals surface area contributed by atoms with Gasteiger partial charge >= 0.3 is 0 Å². The maximum atomic E-state index is 12.3. The van der Waals surface area contributed by atoms with Crippen molar-refractivity contribution in [3.05, 3.63) is 27.4 Å². The number of carbonyl (C=O) groups excluding carboxylic acids is 1. The molecule has 0 spiro atoms. The molecule has 2 unspecified atom stereocenters. The minimum atomic E-state index is -0.235. The van der Waals surface area contributed by atoms with Crippen molar-refractivity contribution in [2.75, 3.05) is 0 Å². The highest BCUT2D eigenvalue weighted by Crippen LogP contribution is 2.36. The largest absolute Gasteiger partial charge is 0.393 e. The molecule has 1 amide bonds. The smallest absolute Gasteiger partial charge is 0.247 e. The van der Waals surface area contributed by atoms with Crippen LogP contribution in [0.5, 0.6) is 0 Å². The molecule has 3 heterocycles. The maximum Gasteiger partial charge on any atom is 0.247 e. The molecule has 1 aromatic heterocycles. The van der Waals surface area contributed by atoms with Gasteiger partial charge in [-0.1, -0.05) is 11.6 Å². The normalized spacial score (nSPS) is 30.2. The first-order chi connectivity index (χ1) is 9.13. The van der Waals surface area contributed by atoms with E-state index >= 15 is 0 Å². The molecule has 1 aromatic rings. The second-order valence-electron chi connectivity index (χ2n) is 5.23. The third kappa shape index (κ3) is 2.71. The Kier molecular flexibility index (Phi) is 3.65. The number of thiophene rings is 1. The molecule has 102 valence electrons. The van der Waals surface area contributed by atoms with Gasteiger partial charge in [-0.2, -0.15) is 0 Å². The Morgan fingerprint density at radius 1 is 1.37 bits per heavy atom. The van der Waals surface area contributed by atoms with Crippen molar-refractivity contribution in [3.8, 4) is 0 Å². The van der Waals surface area contributed by atoms with Crippen LogP contribution in [0.2, 0.25) is 4.34 Å². The number of fused-ring (bicyclic) bond motifs is 2. The van der Waals surface area contributed by atoms with Crippen molar-refractivity contribution in [2.24, 2.45) is 0 Å². The lowest BCUT2D eigenvalue weighted by molar-refractivity contribution is -0.131. The van der Waals surface area contributed by atoms with Crippen molar-refractivity contribution in [3.63, 3.8) is 0 Å². The van der Waals surface area contributed by atoms with Gasteiger partial charge < -0.3 is 10.0 Å². The molecular weight excluding hydrogens is 282 g/mol. The Morgan fingerprint density at radius 3 is 2.63 bits per heavy atom. The van der Waals surface area contributed by atoms with E-state index in [1.165, 1.54) is 11.3 Å². The number of aliphatic hydroxyl groups excluding tert-OH is 1. The number of rotatable bonds is 2. The summed E-state index contributed by atoms with van der Waals surface area (Å²) in [6, 6.07) is 4.18. The minimum absolute atomic E-state index is 0.0592. The van der Waals surface area contributed by atoms with Gasteiger partial charge in [-0.05, 0) is 43.9 Å². The Balaban J connectivity index is 1.69. The van der Waals surface area contributed by atoms with E-state index in [2.05, 4.69) is 0 Å². The highest BCUT2D eigenvalue weighted by molar-refractivity contribution is 7.17. The lowest BCUT2D eigenvalue weighted by atomic mass is 10.00. The molecule has 1 N–H and O–H groups in total. The van der Waals surface area contributed by atoms with Gasteiger partial charge in [0.05, 0.1) is 10.4 Å². The van der Waals surface area contributed by atoms with Gasteiger partial charge in [0.1, 0.15) is 0 Å². The number of hydrogen-bond donors (Lipinski definition) is 1. The number of hydrogen-bond acceptors (Lipinski definition) is 3. The van der Waals surface area contributed by atoms with Crippen molar-refractivity contribution in [2.45, 2.75) is 43.9 Å². The standard InChI is InChI=1S/C14H16ClNO2S/c15-13-5-3-12(19-13)4-6-14(18)16-9-1-2-10(16)8-11(17)7-9/h3-6,9-11,17H,1-2,7-8H2. The molecule has 2 saturated heterocycles. The molecule has 0 radical (unpaired) electrons. The van der Waals surface area contributed by atoms with Gasteiger partial charge in [0.25, 0.3) is 0 Å². The first-order valence-electron chi connectivity index (χ1n) is 6.57. The van der Waals surface area contributed by atoms with Gasteiger partial charge in [-0.15, -0.1) is 11.3 Å². The summed E-state index contributed by atoms with van der Waals surface area (Å²) in [4.78, 5) is 15.2. The molecule has 2 fully saturated rings. The number of amides is 1. The second kappa shape index (κ2) is 5.27. The Morgan fingerprint density at radius 2 is 2.05 bits per heavy atom. The molecule has 3 nitrogen and oxygen atoms in total. The molecular formula is C14H16ClNO2S. The topological polar surface area (TPSA) is 40.5 Å². The molecule has 2 atom stereocenters. The lowest BCUT2D eigenvalue weighted by Gasteiger charge is -2.36. The minimum Gasteiger partial charge on any atom is -0.393 e. The first-order valence-corrected chi connectivity index (χ1v) is 7.76. The Hall–Kier alpha value is -0.840. The zero-order chi connectivity index (χ0) is 13.4. The molecule has 2 bridgehead atoms. The molecule has 2 aliphatic heterocycles. The maximum absolute atomic E-state index is 12.3. The monoisotopic (exact) mass is 297 g/mol. The number of halogens is 1. The average Bonchev–Trinajstić information content (AvgIpc) is 2.89. The molecule has 19 heavy (non-hydrogen) atoms. The summed E-state index contributed by atoms with van der Waals surface area (Å²) in [5, 5.41) is 9.73. The van der Waals surface area contributed by atoms with Crippen LogP contribution in [0.3, 0.4) is 0 Å². The van der Waals surface area contributed by atoms with E-state index in [0.717, 1.165) is 34.9 Å². The number of aliphatic hydroxyl groups is 1. The fraction of sp³-hybridized carbons (Fsp3) is 0.500. The van der Waals surface area contributed by atoms with Crippen molar-refractivity contribution < 1.29 is 9.90 Å². The first kappa shape index (κ1) is 13.2. The van der Waals surface area contributed by atoms with Crippen LogP contribution >= 0.6 is 22.9 Å². The number of carbonyl (C=O) groups is 1. The van der Waals surface area contributed by atoms with Gasteiger partial charge in [0, 0.05) is 23.0 Å². The quantitative estimate of drug-likeness (QED) is 0.853. The van der Waals surface area contributed by atoms with Crippen molar-refractivity contribution in [1.82, 2.24) is 4.90 Å². The van der Waals surface area contributed by atoms with Crippen LogP contribution in [0, 0.1) is 0 Å². The van der Waals surface area contributed by atoms with Gasteiger partial charge in [0.2, 0.25) is 5.91 Å². The summed E-state index contributed by atoms with van der Waals surface area (Å²) < 4.78 is 0.730. The Labute approximate surface area is 121 Å². The lowest BCUT2D eigenvalue weighted by Crippen LogP contribution is -2.47. The molecule has 0 aliphatic carbocycles. The zero-order valence-corrected chi connectivity index (χ0v) is 12.0. The van der Waals surface area contributed by atoms with Gasteiger partial charge in [-0.3, -0.25) is 4.79 Å². The van der Waals surface area contributed by atoms with E-state index in [0.29, 0.717) is 0 Å². The fourth-order valence-corrected chi connectivity index (χ4v) is 4.13. The van der Waals surface area contributed by atoms with Gasteiger partial charge in [-0.25, -0.2) is 0 Å². The van der Waals surface area contributed by atoms with Crippen molar-refractivity contribution in [1.29, 1.82) is 0 Å². The van der Waals surface area contributed by atoms with Crippen LogP contribution in [0.4, 0.5) is 0 Å². The van der Waals surface area contributed by atoms with Crippen LogP contribution in [0.15, 0.2) is 18.2 Å². The van der Waals surface area contributed by atoms with E-state index < -0.39 is 0 Å².